The highest BCUT2D eigenvalue weighted by Crippen LogP contribution is 2.36. The van der Waals surface area contributed by atoms with Crippen molar-refractivity contribution < 1.29 is 19.4 Å². The van der Waals surface area contributed by atoms with Crippen LogP contribution in [0.4, 0.5) is 0 Å². The molecule has 0 spiro atoms. The lowest BCUT2D eigenvalue weighted by Gasteiger charge is -2.18. The summed E-state index contributed by atoms with van der Waals surface area (Å²) >= 11 is 0. The van der Waals surface area contributed by atoms with Gasteiger partial charge < -0.3 is 14.6 Å². The number of aromatic hydroxyl groups is 1. The Balaban J connectivity index is 1.61. The van der Waals surface area contributed by atoms with Gasteiger partial charge in [-0.2, -0.15) is 0 Å². The van der Waals surface area contributed by atoms with Gasteiger partial charge in [0.15, 0.2) is 17.3 Å². The molecule has 4 nitrogen and oxygen atoms in total. The van der Waals surface area contributed by atoms with Gasteiger partial charge in [-0.3, -0.25) is 4.79 Å². The molecule has 0 radical (unpaired) electrons. The maximum absolute atomic E-state index is 12.2. The van der Waals surface area contributed by atoms with Crippen molar-refractivity contribution in [1.29, 1.82) is 0 Å². The molecule has 2 fully saturated rings. The Bertz CT molecular complexity index is 712. The van der Waals surface area contributed by atoms with Gasteiger partial charge in [-0.05, 0) is 87.5 Å². The van der Waals surface area contributed by atoms with Crippen molar-refractivity contribution in [2.24, 2.45) is 0 Å². The lowest BCUT2D eigenvalue weighted by molar-refractivity contribution is -0.114. The van der Waals surface area contributed by atoms with Crippen LogP contribution in [0.5, 0.6) is 11.5 Å². The van der Waals surface area contributed by atoms with Crippen molar-refractivity contribution in [1.82, 2.24) is 0 Å². The third kappa shape index (κ3) is 7.99. The van der Waals surface area contributed by atoms with Gasteiger partial charge in [-0.15, -0.1) is 0 Å². The normalized spacial score (nSPS) is 17.7. The predicted octanol–water partition coefficient (Wildman–Crippen LogP) is 6.46. The van der Waals surface area contributed by atoms with Gasteiger partial charge in [0.2, 0.25) is 0 Å². The second-order valence-electron chi connectivity index (χ2n) is 9.16. The van der Waals surface area contributed by atoms with Crippen LogP contribution in [0.1, 0.15) is 95.1 Å². The molecule has 172 valence electrons. The van der Waals surface area contributed by atoms with E-state index in [1.807, 2.05) is 12.1 Å². The summed E-state index contributed by atoms with van der Waals surface area (Å²) < 4.78 is 12.2. The van der Waals surface area contributed by atoms with E-state index < -0.39 is 0 Å². The Labute approximate surface area is 188 Å². The fraction of sp³-hybridized carbons (Fsp3) is 0.667. The number of carbonyl (C=O) groups is 1. The van der Waals surface area contributed by atoms with E-state index in [4.69, 9.17) is 9.47 Å². The molecule has 1 aromatic carbocycles. The van der Waals surface area contributed by atoms with Crippen LogP contribution in [-0.2, 0) is 22.4 Å². The number of phenols is 1. The third-order valence-corrected chi connectivity index (χ3v) is 6.47. The van der Waals surface area contributed by atoms with Crippen LogP contribution in [0.15, 0.2) is 24.3 Å². The number of hydrogen-bond acceptors (Lipinski definition) is 4. The predicted molar refractivity (Wildman–Crippen MR) is 125 cm³/mol. The first-order valence-electron chi connectivity index (χ1n) is 12.5. The molecular weight excluding hydrogens is 388 g/mol. The summed E-state index contributed by atoms with van der Waals surface area (Å²) in [5, 5.41) is 10.9. The number of ketones is 1. The van der Waals surface area contributed by atoms with Crippen LogP contribution in [0, 0.1) is 0 Å². The van der Waals surface area contributed by atoms with Gasteiger partial charge in [0, 0.05) is 13.0 Å². The van der Waals surface area contributed by atoms with E-state index in [9.17, 15) is 9.90 Å². The van der Waals surface area contributed by atoms with Crippen LogP contribution >= 0.6 is 0 Å². The molecule has 31 heavy (non-hydrogen) atoms. The molecule has 0 amide bonds. The summed E-state index contributed by atoms with van der Waals surface area (Å²) in [6.45, 7) is 2.84. The minimum absolute atomic E-state index is 0.159. The van der Waals surface area contributed by atoms with Gasteiger partial charge >= 0.3 is 0 Å². The molecule has 2 aliphatic rings. The van der Waals surface area contributed by atoms with E-state index in [1.165, 1.54) is 38.5 Å². The summed E-state index contributed by atoms with van der Waals surface area (Å²) in [6.07, 6.45) is 18.5. The van der Waals surface area contributed by atoms with E-state index in [0.29, 0.717) is 24.7 Å². The van der Waals surface area contributed by atoms with Gasteiger partial charge in [0.05, 0.1) is 12.2 Å². The molecule has 0 bridgehead atoms. The molecule has 0 aliphatic heterocycles. The molecule has 0 aromatic heterocycles. The topological polar surface area (TPSA) is 55.8 Å². The average molecular weight is 429 g/mol. The zero-order chi connectivity index (χ0) is 21.9. The lowest BCUT2D eigenvalue weighted by atomic mass is 10.00. The summed E-state index contributed by atoms with van der Waals surface area (Å²) in [5.74, 6) is 1.02. The van der Waals surface area contributed by atoms with Crippen molar-refractivity contribution in [2.75, 3.05) is 6.61 Å². The van der Waals surface area contributed by atoms with Gasteiger partial charge in [-0.25, -0.2) is 0 Å². The Hall–Kier alpha value is -1.81. The minimum Gasteiger partial charge on any atom is -0.504 e. The van der Waals surface area contributed by atoms with Crippen LogP contribution in [-0.4, -0.2) is 29.7 Å². The van der Waals surface area contributed by atoms with Gasteiger partial charge in [-0.1, -0.05) is 38.3 Å². The Morgan fingerprint density at radius 2 is 1.77 bits per heavy atom. The Morgan fingerprint density at radius 1 is 1.06 bits per heavy atom. The molecule has 2 saturated carbocycles. The number of benzene rings is 1. The number of ether oxygens (including phenoxy) is 2. The number of phenolic OH excluding ortho intramolecular Hbond substituents is 1. The molecule has 4 heteroatoms. The van der Waals surface area contributed by atoms with E-state index in [1.54, 1.807) is 6.08 Å². The molecule has 3 rings (SSSR count). The number of aryl methyl sites for hydroxylation is 2. The standard InChI is InChI=1S/C27H40O4/c1-2-3-4-11-23(28)17-16-21-19-22(10-9-18-30-24-12-5-6-13-24)27(29)26(20-21)31-25-14-7-8-15-25/h4,11,19-20,24-25,29H,2-3,5-10,12-18H2,1H3. The number of rotatable bonds is 13. The zero-order valence-electron chi connectivity index (χ0n) is 19.2. The average Bonchev–Trinajstić information content (AvgIpc) is 3.47. The number of unbranched alkanes of at least 4 members (excludes halogenated alkanes) is 1. The number of carbonyl (C=O) groups excluding carboxylic acids is 1. The van der Waals surface area contributed by atoms with Gasteiger partial charge in [0.25, 0.3) is 0 Å². The molecule has 0 unspecified atom stereocenters. The third-order valence-electron chi connectivity index (χ3n) is 6.47. The molecule has 0 atom stereocenters. The number of hydrogen-bond donors (Lipinski definition) is 1. The highest BCUT2D eigenvalue weighted by molar-refractivity contribution is 5.89. The van der Waals surface area contributed by atoms with Crippen molar-refractivity contribution in [3.63, 3.8) is 0 Å². The van der Waals surface area contributed by atoms with E-state index >= 15 is 0 Å². The first-order valence-corrected chi connectivity index (χ1v) is 12.5. The highest BCUT2D eigenvalue weighted by Gasteiger charge is 2.20. The maximum Gasteiger partial charge on any atom is 0.161 e. The zero-order valence-corrected chi connectivity index (χ0v) is 19.2. The van der Waals surface area contributed by atoms with E-state index in [2.05, 4.69) is 13.0 Å². The Morgan fingerprint density at radius 3 is 2.48 bits per heavy atom. The number of allylic oxidation sites excluding steroid dienone is 2. The van der Waals surface area contributed by atoms with E-state index in [0.717, 1.165) is 56.3 Å². The second kappa shape index (κ2) is 12.9. The van der Waals surface area contributed by atoms with Crippen LogP contribution in [0.2, 0.25) is 0 Å². The van der Waals surface area contributed by atoms with Crippen LogP contribution in [0.25, 0.3) is 0 Å². The van der Waals surface area contributed by atoms with Gasteiger partial charge in [0.1, 0.15) is 0 Å². The SMILES string of the molecule is CCCC=CC(=O)CCc1cc(CCCOC2CCCC2)c(O)c(OC2CCCC2)c1. The second-order valence-corrected chi connectivity index (χ2v) is 9.16. The summed E-state index contributed by atoms with van der Waals surface area (Å²) in [5.41, 5.74) is 1.98. The lowest BCUT2D eigenvalue weighted by Crippen LogP contribution is -2.12. The monoisotopic (exact) mass is 428 g/mol. The van der Waals surface area contributed by atoms with E-state index in [-0.39, 0.29) is 17.6 Å². The van der Waals surface area contributed by atoms with Crippen molar-refractivity contribution in [3.8, 4) is 11.5 Å². The molecule has 2 aliphatic carbocycles. The summed E-state index contributed by atoms with van der Waals surface area (Å²) in [7, 11) is 0. The summed E-state index contributed by atoms with van der Waals surface area (Å²) in [4.78, 5) is 12.2. The van der Waals surface area contributed by atoms with Crippen molar-refractivity contribution in [3.05, 3.63) is 35.4 Å². The fourth-order valence-corrected chi connectivity index (χ4v) is 4.64. The van der Waals surface area contributed by atoms with Crippen LogP contribution < -0.4 is 4.74 Å². The molecule has 0 saturated heterocycles. The first kappa shape index (κ1) is 23.8. The molecule has 1 aromatic rings. The highest BCUT2D eigenvalue weighted by atomic mass is 16.5. The maximum atomic E-state index is 12.2. The largest absolute Gasteiger partial charge is 0.504 e. The smallest absolute Gasteiger partial charge is 0.161 e. The molecule has 1 N–H and O–H groups in total. The van der Waals surface area contributed by atoms with Crippen molar-refractivity contribution in [2.45, 2.75) is 109 Å². The van der Waals surface area contributed by atoms with Crippen molar-refractivity contribution >= 4 is 5.78 Å². The van der Waals surface area contributed by atoms with Crippen LogP contribution in [0.3, 0.4) is 0 Å². The first-order chi connectivity index (χ1) is 15.2. The molecular formula is C27H40O4. The minimum atomic E-state index is 0.159. The quantitative estimate of drug-likeness (QED) is 0.289. The summed E-state index contributed by atoms with van der Waals surface area (Å²) in [6, 6.07) is 3.99. The molecule has 0 heterocycles. The fourth-order valence-electron chi connectivity index (χ4n) is 4.64. The Kier molecular flexibility index (Phi) is 9.92.